The Bertz CT molecular complexity index is 442. The summed E-state index contributed by atoms with van der Waals surface area (Å²) >= 11 is 11.5. The Morgan fingerprint density at radius 3 is 2.28 bits per heavy atom. The van der Waals surface area contributed by atoms with Gasteiger partial charge in [-0.2, -0.15) is 0 Å². The van der Waals surface area contributed by atoms with Gasteiger partial charge < -0.3 is 0 Å². The Kier molecular flexibility index (Phi) is 8.34. The van der Waals surface area contributed by atoms with Gasteiger partial charge in [0.2, 0.25) is 0 Å². The van der Waals surface area contributed by atoms with Crippen LogP contribution in [0.15, 0.2) is 46.9 Å². The molecule has 1 aromatic heterocycles. The number of halogens is 2. The van der Waals surface area contributed by atoms with Gasteiger partial charge in [-0.1, -0.05) is 41.9 Å². The van der Waals surface area contributed by atoms with Crippen LogP contribution in [0.1, 0.15) is 25.1 Å². The molecule has 0 atom stereocenters. The van der Waals surface area contributed by atoms with Gasteiger partial charge in [-0.25, -0.2) is 9.97 Å². The topological polar surface area (TPSA) is 25.8 Å². The fraction of sp³-hybridized carbons (Fsp3) is 0.286. The first kappa shape index (κ1) is 16.9. The van der Waals surface area contributed by atoms with E-state index < -0.39 is 0 Å². The van der Waals surface area contributed by atoms with Crippen LogP contribution in [0.2, 0.25) is 0 Å². The first-order valence-electron chi connectivity index (χ1n) is 5.48. The van der Waals surface area contributed by atoms with Crippen molar-refractivity contribution in [3.8, 4) is 0 Å². The zero-order valence-electron chi connectivity index (χ0n) is 11.2. The summed E-state index contributed by atoms with van der Waals surface area (Å²) < 4.78 is 0. The van der Waals surface area contributed by atoms with Crippen LogP contribution >= 0.6 is 23.2 Å². The van der Waals surface area contributed by atoms with E-state index in [9.17, 15) is 0 Å². The Labute approximate surface area is 119 Å². The third-order valence-corrected chi connectivity index (χ3v) is 3.25. The third kappa shape index (κ3) is 5.99. The van der Waals surface area contributed by atoms with Crippen LogP contribution in [0.3, 0.4) is 0 Å². The number of hydrogen-bond acceptors (Lipinski definition) is 2. The average molecular weight is 285 g/mol. The van der Waals surface area contributed by atoms with Gasteiger partial charge in [-0.3, -0.25) is 0 Å². The predicted octanol–water partition coefficient (Wildman–Crippen LogP) is 4.92. The summed E-state index contributed by atoms with van der Waals surface area (Å²) in [7, 11) is 0. The van der Waals surface area contributed by atoms with Crippen LogP contribution in [0.4, 0.5) is 0 Å². The molecule has 0 bridgehead atoms. The first-order chi connectivity index (χ1) is 8.43. The smallest absolute Gasteiger partial charge is 0.115 e. The van der Waals surface area contributed by atoms with Crippen molar-refractivity contribution in [1.82, 2.24) is 9.97 Å². The summed E-state index contributed by atoms with van der Waals surface area (Å²) in [6.07, 6.45) is 6.73. The van der Waals surface area contributed by atoms with Crippen LogP contribution in [0, 0.1) is 13.8 Å². The average Bonchev–Trinajstić information content (AvgIpc) is 2.40. The highest BCUT2D eigenvalue weighted by molar-refractivity contribution is 6.36. The molecule has 0 fully saturated rings. The Balaban J connectivity index is 0.000000327. The van der Waals surface area contributed by atoms with Gasteiger partial charge in [0, 0.05) is 22.0 Å². The highest BCUT2D eigenvalue weighted by Gasteiger charge is 1.97. The van der Waals surface area contributed by atoms with Crippen molar-refractivity contribution in [1.29, 1.82) is 0 Å². The maximum absolute atomic E-state index is 5.76. The zero-order chi connectivity index (χ0) is 14.1. The van der Waals surface area contributed by atoms with E-state index in [4.69, 9.17) is 23.2 Å². The quantitative estimate of drug-likeness (QED) is 0.721. The van der Waals surface area contributed by atoms with Crippen molar-refractivity contribution < 1.29 is 0 Å². The van der Waals surface area contributed by atoms with Crippen LogP contribution in [0.25, 0.3) is 0 Å². The molecule has 98 valence electrons. The predicted molar refractivity (Wildman–Crippen MR) is 79.9 cm³/mol. The van der Waals surface area contributed by atoms with Crippen molar-refractivity contribution in [2.45, 2.75) is 27.7 Å². The van der Waals surface area contributed by atoms with Gasteiger partial charge >= 0.3 is 0 Å². The Morgan fingerprint density at radius 1 is 1.33 bits per heavy atom. The fourth-order valence-corrected chi connectivity index (χ4v) is 1.20. The number of rotatable bonds is 2. The third-order valence-electron chi connectivity index (χ3n) is 2.31. The molecule has 0 aromatic carbocycles. The van der Waals surface area contributed by atoms with E-state index in [-0.39, 0.29) is 0 Å². The highest BCUT2D eigenvalue weighted by atomic mass is 35.5. The number of aryl methyl sites for hydroxylation is 2. The SMILES string of the molecule is C=C/C(Cl)=C(C)\C(Cl)=C/C.Cc1cncnc1C. The van der Waals surface area contributed by atoms with Gasteiger partial charge in [0.05, 0.1) is 0 Å². The van der Waals surface area contributed by atoms with Gasteiger partial charge in [0.1, 0.15) is 6.33 Å². The van der Waals surface area contributed by atoms with E-state index in [1.807, 2.05) is 33.9 Å². The minimum atomic E-state index is 0.600. The van der Waals surface area contributed by atoms with E-state index in [1.165, 1.54) is 0 Å². The summed E-state index contributed by atoms with van der Waals surface area (Å²) in [6, 6.07) is 0. The molecule has 0 unspecified atom stereocenters. The zero-order valence-corrected chi connectivity index (χ0v) is 12.7. The number of allylic oxidation sites excluding steroid dienone is 5. The van der Waals surface area contributed by atoms with Crippen LogP contribution < -0.4 is 0 Å². The molecule has 0 aliphatic rings. The maximum Gasteiger partial charge on any atom is 0.115 e. The van der Waals surface area contributed by atoms with Gasteiger partial charge in [-0.15, -0.1) is 0 Å². The van der Waals surface area contributed by atoms with Gasteiger partial charge in [0.25, 0.3) is 0 Å². The van der Waals surface area contributed by atoms with Crippen LogP contribution in [0.5, 0.6) is 0 Å². The molecule has 0 radical (unpaired) electrons. The summed E-state index contributed by atoms with van der Waals surface area (Å²) in [5, 5.41) is 1.27. The minimum Gasteiger partial charge on any atom is -0.245 e. The number of hydrogen-bond donors (Lipinski definition) is 0. The molecular formula is C14H18Cl2N2. The molecule has 4 heteroatoms. The minimum absolute atomic E-state index is 0.600. The summed E-state index contributed by atoms with van der Waals surface area (Å²) in [4.78, 5) is 7.80. The van der Waals surface area contributed by atoms with E-state index in [0.29, 0.717) is 10.1 Å². The summed E-state index contributed by atoms with van der Waals surface area (Å²) in [5.74, 6) is 0. The number of aromatic nitrogens is 2. The lowest BCUT2D eigenvalue weighted by atomic mass is 10.2. The normalized spacial score (nSPS) is 12.2. The molecule has 0 aliphatic heterocycles. The second kappa shape index (κ2) is 8.90. The van der Waals surface area contributed by atoms with Gasteiger partial charge in [0.15, 0.2) is 0 Å². The summed E-state index contributed by atoms with van der Waals surface area (Å²) in [6.45, 7) is 11.2. The lowest BCUT2D eigenvalue weighted by molar-refractivity contribution is 1.06. The molecular weight excluding hydrogens is 267 g/mol. The van der Waals surface area contributed by atoms with E-state index in [1.54, 1.807) is 18.5 Å². The van der Waals surface area contributed by atoms with Crippen molar-refractivity contribution in [2.24, 2.45) is 0 Å². The standard InChI is InChI=1S/C8H10Cl2.C6H8N2/c1-4-7(9)6(3)8(10)5-2;1-5-3-7-4-8-6(5)2/h4-5H,1H2,2-3H3;3-4H,1-2H3/b7-6+,8-5+;. The largest absolute Gasteiger partial charge is 0.245 e. The molecule has 0 amide bonds. The molecule has 0 aliphatic carbocycles. The summed E-state index contributed by atoms with van der Waals surface area (Å²) in [5.41, 5.74) is 3.06. The van der Waals surface area contributed by atoms with Gasteiger partial charge in [-0.05, 0) is 38.8 Å². The van der Waals surface area contributed by atoms with Crippen LogP contribution in [-0.2, 0) is 0 Å². The van der Waals surface area contributed by atoms with Crippen molar-refractivity contribution in [3.05, 3.63) is 58.2 Å². The second-order valence-corrected chi connectivity index (χ2v) is 4.42. The van der Waals surface area contributed by atoms with Crippen molar-refractivity contribution in [2.75, 3.05) is 0 Å². The fourth-order valence-electron chi connectivity index (χ4n) is 0.944. The molecule has 0 saturated heterocycles. The molecule has 2 nitrogen and oxygen atoms in total. The molecule has 18 heavy (non-hydrogen) atoms. The molecule has 0 spiro atoms. The van der Waals surface area contributed by atoms with Crippen LogP contribution in [-0.4, -0.2) is 9.97 Å². The Morgan fingerprint density at radius 2 is 1.94 bits per heavy atom. The molecule has 0 saturated carbocycles. The lowest BCUT2D eigenvalue weighted by Gasteiger charge is -1.98. The number of nitrogens with zero attached hydrogens (tertiary/aromatic N) is 2. The maximum atomic E-state index is 5.76. The monoisotopic (exact) mass is 284 g/mol. The molecule has 1 heterocycles. The van der Waals surface area contributed by atoms with Crippen molar-refractivity contribution in [3.63, 3.8) is 0 Å². The van der Waals surface area contributed by atoms with E-state index in [0.717, 1.165) is 16.8 Å². The lowest BCUT2D eigenvalue weighted by Crippen LogP contribution is -1.85. The van der Waals surface area contributed by atoms with E-state index >= 15 is 0 Å². The van der Waals surface area contributed by atoms with Crippen molar-refractivity contribution >= 4 is 23.2 Å². The Hall–Kier alpha value is -1.12. The van der Waals surface area contributed by atoms with E-state index in [2.05, 4.69) is 16.5 Å². The first-order valence-corrected chi connectivity index (χ1v) is 6.23. The highest BCUT2D eigenvalue weighted by Crippen LogP contribution is 2.20. The molecule has 1 aromatic rings. The second-order valence-electron chi connectivity index (χ2n) is 3.60. The molecule has 0 N–H and O–H groups in total. The molecule has 1 rings (SSSR count).